The lowest BCUT2D eigenvalue weighted by Gasteiger charge is -2.04. The molecule has 1 aromatic heterocycles. The topological polar surface area (TPSA) is 66.0 Å². The number of imidazole rings is 1. The van der Waals surface area contributed by atoms with Gasteiger partial charge in [0, 0.05) is 11.5 Å². The molecular formula is C13H13FN2O2. The van der Waals surface area contributed by atoms with Gasteiger partial charge in [-0.15, -0.1) is 0 Å². The fraction of sp³-hybridized carbons (Fsp3) is 0.231. The van der Waals surface area contributed by atoms with E-state index in [9.17, 15) is 9.18 Å². The number of carboxylic acid groups (broad SMARTS) is 1. The highest BCUT2D eigenvalue weighted by Crippen LogP contribution is 2.22. The molecule has 2 N–H and O–H groups in total. The Balaban J connectivity index is 2.22. The van der Waals surface area contributed by atoms with Gasteiger partial charge in [0.25, 0.3) is 0 Å². The predicted octanol–water partition coefficient (Wildman–Crippen LogP) is 2.79. The summed E-state index contributed by atoms with van der Waals surface area (Å²) < 4.78 is 13.1. The van der Waals surface area contributed by atoms with Crippen molar-refractivity contribution in [3.8, 4) is 11.3 Å². The van der Waals surface area contributed by atoms with Crippen molar-refractivity contribution < 1.29 is 14.3 Å². The van der Waals surface area contributed by atoms with Crippen molar-refractivity contribution in [2.75, 3.05) is 0 Å². The van der Waals surface area contributed by atoms with E-state index >= 15 is 0 Å². The van der Waals surface area contributed by atoms with Gasteiger partial charge in [0.15, 0.2) is 0 Å². The van der Waals surface area contributed by atoms with Crippen LogP contribution >= 0.6 is 0 Å². The molecule has 2 aromatic rings. The molecule has 1 atom stereocenters. The summed E-state index contributed by atoms with van der Waals surface area (Å²) in [7, 11) is 0. The standard InChI is InChI=1S/C13H13FN2O2/c1-8(5-12(17)18)13-15-7-11(16-13)9-3-2-4-10(14)6-9/h2-4,6-8H,5H2,1H3,(H,15,16)(H,17,18). The van der Waals surface area contributed by atoms with E-state index in [0.717, 1.165) is 0 Å². The molecule has 0 fully saturated rings. The Morgan fingerprint density at radius 2 is 2.33 bits per heavy atom. The summed E-state index contributed by atoms with van der Waals surface area (Å²) in [5, 5.41) is 8.71. The molecule has 0 aliphatic rings. The predicted molar refractivity (Wildman–Crippen MR) is 64.6 cm³/mol. The van der Waals surface area contributed by atoms with Crippen molar-refractivity contribution in [3.05, 3.63) is 42.1 Å². The van der Waals surface area contributed by atoms with Crippen LogP contribution in [0.2, 0.25) is 0 Å². The largest absolute Gasteiger partial charge is 0.481 e. The van der Waals surface area contributed by atoms with Crippen LogP contribution < -0.4 is 0 Å². The molecule has 0 amide bonds. The van der Waals surface area contributed by atoms with Crippen molar-refractivity contribution >= 4 is 5.97 Å². The van der Waals surface area contributed by atoms with Gasteiger partial charge in [-0.1, -0.05) is 19.1 Å². The molecular weight excluding hydrogens is 235 g/mol. The van der Waals surface area contributed by atoms with Crippen molar-refractivity contribution in [3.63, 3.8) is 0 Å². The maximum Gasteiger partial charge on any atom is 0.304 e. The Hall–Kier alpha value is -2.17. The van der Waals surface area contributed by atoms with E-state index in [-0.39, 0.29) is 18.2 Å². The van der Waals surface area contributed by atoms with Gasteiger partial charge in [-0.25, -0.2) is 9.37 Å². The Bertz CT molecular complexity index is 566. The lowest BCUT2D eigenvalue weighted by molar-refractivity contribution is -0.137. The number of hydrogen-bond acceptors (Lipinski definition) is 2. The molecule has 94 valence electrons. The number of halogens is 1. The van der Waals surface area contributed by atoms with Gasteiger partial charge in [-0.2, -0.15) is 0 Å². The normalized spacial score (nSPS) is 12.3. The van der Waals surface area contributed by atoms with Crippen LogP contribution in [0.1, 0.15) is 25.1 Å². The molecule has 1 unspecified atom stereocenters. The zero-order valence-corrected chi connectivity index (χ0v) is 9.85. The number of nitrogens with zero attached hydrogens (tertiary/aromatic N) is 1. The summed E-state index contributed by atoms with van der Waals surface area (Å²) in [6.45, 7) is 1.78. The molecule has 18 heavy (non-hydrogen) atoms. The third-order valence-electron chi connectivity index (χ3n) is 2.68. The number of H-pyrrole nitrogens is 1. The van der Waals surface area contributed by atoms with Gasteiger partial charge in [-0.3, -0.25) is 4.79 Å². The lowest BCUT2D eigenvalue weighted by atomic mass is 10.1. The smallest absolute Gasteiger partial charge is 0.304 e. The Morgan fingerprint density at radius 3 is 3.00 bits per heavy atom. The van der Waals surface area contributed by atoms with Crippen LogP contribution in [0, 0.1) is 5.82 Å². The second kappa shape index (κ2) is 5.00. The zero-order valence-electron chi connectivity index (χ0n) is 9.85. The summed E-state index contributed by atoms with van der Waals surface area (Å²) in [4.78, 5) is 17.8. The molecule has 5 heteroatoms. The van der Waals surface area contributed by atoms with Gasteiger partial charge >= 0.3 is 5.97 Å². The third kappa shape index (κ3) is 2.74. The van der Waals surface area contributed by atoms with Crippen molar-refractivity contribution in [2.45, 2.75) is 19.3 Å². The fourth-order valence-electron chi connectivity index (χ4n) is 1.75. The fourth-order valence-corrected chi connectivity index (χ4v) is 1.75. The number of nitrogens with one attached hydrogen (secondary N) is 1. The summed E-state index contributed by atoms with van der Waals surface area (Å²) in [5.74, 6) is -0.796. The summed E-state index contributed by atoms with van der Waals surface area (Å²) >= 11 is 0. The molecule has 1 aromatic carbocycles. The van der Waals surface area contributed by atoms with Gasteiger partial charge in [0.1, 0.15) is 11.6 Å². The molecule has 0 aliphatic carbocycles. The summed E-state index contributed by atoms with van der Waals surface area (Å²) in [6.07, 6.45) is 1.60. The highest BCUT2D eigenvalue weighted by Gasteiger charge is 2.14. The van der Waals surface area contributed by atoms with Crippen LogP contribution in [0.4, 0.5) is 4.39 Å². The average molecular weight is 248 g/mol. The first-order valence-corrected chi connectivity index (χ1v) is 5.59. The van der Waals surface area contributed by atoms with Gasteiger partial charge < -0.3 is 10.1 Å². The monoisotopic (exact) mass is 248 g/mol. The number of carbonyl (C=O) groups is 1. The second-order valence-corrected chi connectivity index (χ2v) is 4.19. The first kappa shape index (κ1) is 12.3. The average Bonchev–Trinajstić information content (AvgIpc) is 2.77. The summed E-state index contributed by atoms with van der Waals surface area (Å²) in [5.41, 5.74) is 1.37. The minimum absolute atomic E-state index is 0.0100. The maximum atomic E-state index is 13.1. The lowest BCUT2D eigenvalue weighted by Crippen LogP contribution is -2.04. The van der Waals surface area contributed by atoms with E-state index in [4.69, 9.17) is 5.11 Å². The van der Waals surface area contributed by atoms with E-state index in [1.807, 2.05) is 0 Å². The molecule has 0 radical (unpaired) electrons. The number of carboxylic acids is 1. The van der Waals surface area contributed by atoms with E-state index in [2.05, 4.69) is 9.97 Å². The molecule has 0 saturated carbocycles. The second-order valence-electron chi connectivity index (χ2n) is 4.19. The Kier molecular flexibility index (Phi) is 3.41. The minimum Gasteiger partial charge on any atom is -0.481 e. The zero-order chi connectivity index (χ0) is 13.1. The Labute approximate surface area is 103 Å². The van der Waals surface area contributed by atoms with Crippen LogP contribution in [0.3, 0.4) is 0 Å². The number of hydrogen-bond donors (Lipinski definition) is 2. The van der Waals surface area contributed by atoms with Crippen LogP contribution in [-0.4, -0.2) is 21.0 Å². The van der Waals surface area contributed by atoms with E-state index in [1.165, 1.54) is 12.1 Å². The third-order valence-corrected chi connectivity index (χ3v) is 2.68. The number of aromatic amines is 1. The molecule has 4 nitrogen and oxygen atoms in total. The van der Waals surface area contributed by atoms with Crippen molar-refractivity contribution in [1.29, 1.82) is 0 Å². The van der Waals surface area contributed by atoms with Crippen LogP contribution in [0.25, 0.3) is 11.3 Å². The van der Waals surface area contributed by atoms with E-state index in [1.54, 1.807) is 25.3 Å². The van der Waals surface area contributed by atoms with Crippen molar-refractivity contribution in [1.82, 2.24) is 9.97 Å². The molecule has 2 rings (SSSR count). The van der Waals surface area contributed by atoms with Crippen LogP contribution in [0.15, 0.2) is 30.5 Å². The van der Waals surface area contributed by atoms with Gasteiger partial charge in [0.2, 0.25) is 0 Å². The number of rotatable bonds is 4. The first-order chi connectivity index (χ1) is 8.56. The summed E-state index contributed by atoms with van der Waals surface area (Å²) in [6, 6.07) is 6.15. The highest BCUT2D eigenvalue weighted by atomic mass is 19.1. The van der Waals surface area contributed by atoms with Gasteiger partial charge in [-0.05, 0) is 12.1 Å². The van der Waals surface area contributed by atoms with Crippen LogP contribution in [0.5, 0.6) is 0 Å². The highest BCUT2D eigenvalue weighted by molar-refractivity contribution is 5.67. The SMILES string of the molecule is CC(CC(=O)O)c1ncc(-c2cccc(F)c2)[nH]1. The number of aromatic nitrogens is 2. The molecule has 0 spiro atoms. The molecule has 0 bridgehead atoms. The quantitative estimate of drug-likeness (QED) is 0.874. The van der Waals surface area contributed by atoms with E-state index < -0.39 is 5.97 Å². The van der Waals surface area contributed by atoms with E-state index in [0.29, 0.717) is 17.1 Å². The van der Waals surface area contributed by atoms with Gasteiger partial charge in [0.05, 0.1) is 18.3 Å². The minimum atomic E-state index is -0.869. The molecule has 1 heterocycles. The Morgan fingerprint density at radius 1 is 1.56 bits per heavy atom. The van der Waals surface area contributed by atoms with Crippen LogP contribution in [-0.2, 0) is 4.79 Å². The molecule has 0 aliphatic heterocycles. The maximum absolute atomic E-state index is 13.1. The van der Waals surface area contributed by atoms with Crippen molar-refractivity contribution in [2.24, 2.45) is 0 Å². The first-order valence-electron chi connectivity index (χ1n) is 5.59. The number of aliphatic carboxylic acids is 1. The number of benzene rings is 1. The molecule has 0 saturated heterocycles.